The van der Waals surface area contributed by atoms with E-state index in [4.69, 9.17) is 24.4 Å². The minimum atomic E-state index is -0.426. The van der Waals surface area contributed by atoms with Crippen LogP contribution in [0.25, 0.3) is 6.08 Å². The Kier molecular flexibility index (Phi) is 3.51. The zero-order chi connectivity index (χ0) is 12.4. The van der Waals surface area contributed by atoms with E-state index in [0.717, 1.165) is 10.5 Å². The van der Waals surface area contributed by atoms with E-state index in [9.17, 15) is 10.1 Å². The van der Waals surface area contributed by atoms with Gasteiger partial charge in [0, 0.05) is 17.0 Å². The summed E-state index contributed by atoms with van der Waals surface area (Å²) in [5, 5.41) is 13.5. The van der Waals surface area contributed by atoms with Crippen molar-refractivity contribution < 1.29 is 4.92 Å². The van der Waals surface area contributed by atoms with Crippen LogP contribution in [0.2, 0.25) is 0 Å². The Bertz CT molecular complexity index is 554. The second kappa shape index (κ2) is 4.91. The first kappa shape index (κ1) is 12.2. The van der Waals surface area contributed by atoms with Crippen LogP contribution >= 0.6 is 36.2 Å². The summed E-state index contributed by atoms with van der Waals surface area (Å²) in [4.78, 5) is 11.6. The molecule has 1 aliphatic heterocycles. The number of thioether (sulfide) groups is 1. The zero-order valence-corrected chi connectivity index (χ0v) is 10.8. The lowest BCUT2D eigenvalue weighted by Crippen LogP contribution is -2.15. The number of nitrogens with zero attached hydrogens (tertiary/aromatic N) is 1. The van der Waals surface area contributed by atoms with Gasteiger partial charge in [0.05, 0.1) is 4.92 Å². The molecule has 0 atom stereocenters. The number of non-ortho nitro benzene ring substituents is 1. The van der Waals surface area contributed by atoms with Gasteiger partial charge in [-0.25, -0.2) is 0 Å². The average Bonchev–Trinajstić information content (AvgIpc) is 2.58. The van der Waals surface area contributed by atoms with Crippen molar-refractivity contribution in [2.75, 3.05) is 0 Å². The average molecular weight is 282 g/mol. The molecule has 1 fully saturated rings. The van der Waals surface area contributed by atoms with Crippen LogP contribution in [0, 0.1) is 10.1 Å². The Labute approximate surface area is 112 Å². The van der Waals surface area contributed by atoms with Crippen LogP contribution in [0.4, 0.5) is 5.69 Å². The van der Waals surface area contributed by atoms with E-state index in [1.807, 2.05) is 0 Å². The van der Waals surface area contributed by atoms with E-state index in [1.54, 1.807) is 18.2 Å². The molecule has 0 spiro atoms. The molecular weight excluding hydrogens is 276 g/mol. The van der Waals surface area contributed by atoms with Crippen LogP contribution in [0.15, 0.2) is 29.2 Å². The van der Waals surface area contributed by atoms with Crippen LogP contribution in [0.3, 0.4) is 0 Å². The summed E-state index contributed by atoms with van der Waals surface area (Å²) in [5.74, 6) is 0. The summed E-state index contributed by atoms with van der Waals surface area (Å²) in [6, 6.07) is 6.37. The van der Waals surface area contributed by atoms with Crippen molar-refractivity contribution in [2.45, 2.75) is 0 Å². The molecule has 1 saturated heterocycles. The maximum atomic E-state index is 10.6. The molecule has 0 unspecified atom stereocenters. The molecule has 0 radical (unpaired) electrons. The monoisotopic (exact) mass is 282 g/mol. The Hall–Kier alpha value is -1.31. The fourth-order valence-corrected chi connectivity index (χ4v) is 2.78. The third-order valence-electron chi connectivity index (χ3n) is 2.02. The normalized spacial score (nSPS) is 17.3. The molecule has 0 saturated carbocycles. The van der Waals surface area contributed by atoms with Gasteiger partial charge in [-0.2, -0.15) is 0 Å². The number of nitro benzene ring substituents is 1. The van der Waals surface area contributed by atoms with Gasteiger partial charge < -0.3 is 5.32 Å². The molecule has 1 N–H and O–H groups in total. The summed E-state index contributed by atoms with van der Waals surface area (Å²) in [6.45, 7) is 0. The third kappa shape index (κ3) is 2.87. The Morgan fingerprint density at radius 1 is 1.41 bits per heavy atom. The van der Waals surface area contributed by atoms with Gasteiger partial charge in [-0.05, 0) is 11.6 Å². The van der Waals surface area contributed by atoms with Crippen LogP contribution < -0.4 is 5.32 Å². The predicted octanol–water partition coefficient (Wildman–Crippen LogP) is 2.88. The molecule has 7 heteroatoms. The summed E-state index contributed by atoms with van der Waals surface area (Å²) in [6.07, 6.45) is 1.78. The van der Waals surface area contributed by atoms with E-state index < -0.39 is 4.92 Å². The van der Waals surface area contributed by atoms with Crippen molar-refractivity contribution in [1.82, 2.24) is 5.32 Å². The maximum absolute atomic E-state index is 10.6. The summed E-state index contributed by atoms with van der Waals surface area (Å²) in [7, 11) is 0. The van der Waals surface area contributed by atoms with Crippen LogP contribution in [-0.4, -0.2) is 14.2 Å². The first-order valence-electron chi connectivity index (χ1n) is 4.55. The number of hydrogen-bond acceptors (Lipinski definition) is 5. The van der Waals surface area contributed by atoms with E-state index >= 15 is 0 Å². The number of rotatable bonds is 2. The van der Waals surface area contributed by atoms with Gasteiger partial charge in [0.2, 0.25) is 0 Å². The highest BCUT2D eigenvalue weighted by atomic mass is 32.2. The van der Waals surface area contributed by atoms with E-state index in [-0.39, 0.29) is 5.69 Å². The number of thiocarbonyl (C=S) groups is 2. The van der Waals surface area contributed by atoms with Gasteiger partial charge in [0.1, 0.15) is 9.31 Å². The predicted molar refractivity (Wildman–Crippen MR) is 77.0 cm³/mol. The highest BCUT2D eigenvalue weighted by molar-refractivity contribution is 8.27. The third-order valence-corrected chi connectivity index (χ3v) is 3.65. The fourth-order valence-electron chi connectivity index (χ4n) is 1.30. The van der Waals surface area contributed by atoms with Gasteiger partial charge in [0.15, 0.2) is 0 Å². The number of hydrogen-bond donors (Lipinski definition) is 1. The first-order chi connectivity index (χ1) is 8.06. The summed E-state index contributed by atoms with van der Waals surface area (Å²) < 4.78 is 0.603. The molecule has 4 nitrogen and oxygen atoms in total. The van der Waals surface area contributed by atoms with E-state index in [1.165, 1.54) is 23.9 Å². The van der Waals surface area contributed by atoms with Gasteiger partial charge in [0.25, 0.3) is 5.69 Å². The Balaban J connectivity index is 2.33. The minimum Gasteiger partial charge on any atom is -0.331 e. The smallest absolute Gasteiger partial charge is 0.270 e. The molecule has 1 aromatic carbocycles. The SMILES string of the molecule is O=[N+]([O-])c1cccc(C=C2SC(=S)NC2=S)c1. The number of nitro groups is 1. The van der Waals surface area contributed by atoms with E-state index in [0.29, 0.717) is 9.31 Å². The minimum absolute atomic E-state index is 0.0591. The van der Waals surface area contributed by atoms with Gasteiger partial charge in [-0.3, -0.25) is 10.1 Å². The molecule has 1 aromatic rings. The van der Waals surface area contributed by atoms with Crippen molar-refractivity contribution in [3.63, 3.8) is 0 Å². The number of benzene rings is 1. The van der Waals surface area contributed by atoms with E-state index in [2.05, 4.69) is 5.32 Å². The van der Waals surface area contributed by atoms with Gasteiger partial charge in [-0.1, -0.05) is 48.3 Å². The lowest BCUT2D eigenvalue weighted by atomic mass is 10.2. The summed E-state index contributed by atoms with van der Waals surface area (Å²) in [5.41, 5.74) is 0.791. The van der Waals surface area contributed by atoms with Crippen molar-refractivity contribution in [3.8, 4) is 0 Å². The lowest BCUT2D eigenvalue weighted by Gasteiger charge is -1.96. The molecule has 0 aromatic heterocycles. The molecule has 1 aliphatic rings. The molecule has 17 heavy (non-hydrogen) atoms. The topological polar surface area (TPSA) is 55.2 Å². The molecule has 2 rings (SSSR count). The highest BCUT2D eigenvalue weighted by Gasteiger charge is 2.18. The fraction of sp³-hybridized carbons (Fsp3) is 0. The molecule has 1 heterocycles. The number of nitrogens with one attached hydrogen (secondary N) is 1. The maximum Gasteiger partial charge on any atom is 0.270 e. The second-order valence-electron chi connectivity index (χ2n) is 3.20. The molecule has 0 bridgehead atoms. The van der Waals surface area contributed by atoms with Crippen LogP contribution in [-0.2, 0) is 0 Å². The molecule has 0 aliphatic carbocycles. The summed E-state index contributed by atoms with van der Waals surface area (Å²) >= 11 is 11.4. The van der Waals surface area contributed by atoms with Crippen molar-refractivity contribution >= 4 is 57.3 Å². The second-order valence-corrected chi connectivity index (χ2v) is 5.33. The van der Waals surface area contributed by atoms with Crippen LogP contribution in [0.5, 0.6) is 0 Å². The largest absolute Gasteiger partial charge is 0.331 e. The standard InChI is InChI=1S/C10H6N2O2S3/c13-12(14)7-3-1-2-6(4-7)5-8-9(15)11-10(16)17-8/h1-5H,(H,11,15,16). The Morgan fingerprint density at radius 2 is 2.18 bits per heavy atom. The first-order valence-corrected chi connectivity index (χ1v) is 6.19. The molecular formula is C10H6N2O2S3. The van der Waals surface area contributed by atoms with Gasteiger partial charge >= 0.3 is 0 Å². The zero-order valence-electron chi connectivity index (χ0n) is 8.38. The van der Waals surface area contributed by atoms with Crippen molar-refractivity contribution in [2.24, 2.45) is 0 Å². The quantitative estimate of drug-likeness (QED) is 0.389. The van der Waals surface area contributed by atoms with Crippen molar-refractivity contribution in [3.05, 3.63) is 44.8 Å². The van der Waals surface area contributed by atoms with Crippen LogP contribution in [0.1, 0.15) is 5.56 Å². The van der Waals surface area contributed by atoms with Crippen molar-refractivity contribution in [1.29, 1.82) is 0 Å². The lowest BCUT2D eigenvalue weighted by molar-refractivity contribution is -0.384. The highest BCUT2D eigenvalue weighted by Crippen LogP contribution is 2.27. The molecule has 86 valence electrons. The Morgan fingerprint density at radius 3 is 2.76 bits per heavy atom. The molecule has 0 amide bonds. The van der Waals surface area contributed by atoms with Gasteiger partial charge in [-0.15, -0.1) is 0 Å².